The monoisotopic (exact) mass is 261 g/mol. The fraction of sp³-hybridized carbons (Fsp3) is 0.533. The van der Waals surface area contributed by atoms with Crippen LogP contribution in [0.3, 0.4) is 0 Å². The molecule has 0 aromatic heterocycles. The number of amides is 1. The second-order valence-electron chi connectivity index (χ2n) is 5.68. The Morgan fingerprint density at radius 1 is 1.47 bits per heavy atom. The predicted octanol–water partition coefficient (Wildman–Crippen LogP) is 1.65. The highest BCUT2D eigenvalue weighted by atomic mass is 16.1. The minimum Gasteiger partial charge on any atom is -0.399 e. The number of rotatable bonds is 2. The second-order valence-corrected chi connectivity index (χ2v) is 5.68. The predicted molar refractivity (Wildman–Crippen MR) is 78.1 cm³/mol. The van der Waals surface area contributed by atoms with Crippen LogP contribution in [0, 0.1) is 12.8 Å². The van der Waals surface area contributed by atoms with Crippen LogP contribution < -0.4 is 11.1 Å². The van der Waals surface area contributed by atoms with Crippen molar-refractivity contribution in [2.45, 2.75) is 26.3 Å². The Labute approximate surface area is 115 Å². The lowest BCUT2D eigenvalue weighted by Gasteiger charge is -2.35. The number of hydrogen-bond donors (Lipinski definition) is 2. The Morgan fingerprint density at radius 2 is 2.21 bits per heavy atom. The molecule has 1 heterocycles. The largest absolute Gasteiger partial charge is 0.399 e. The van der Waals surface area contributed by atoms with Crippen LogP contribution in [0.25, 0.3) is 0 Å². The third kappa shape index (κ3) is 3.26. The zero-order valence-electron chi connectivity index (χ0n) is 11.9. The zero-order chi connectivity index (χ0) is 14.0. The highest BCUT2D eigenvalue weighted by molar-refractivity contribution is 5.95. The number of nitrogen functional groups attached to an aromatic ring is 1. The van der Waals surface area contributed by atoms with E-state index < -0.39 is 0 Å². The molecular weight excluding hydrogens is 238 g/mol. The molecular formula is C15H23N3O. The van der Waals surface area contributed by atoms with E-state index in [0.717, 1.165) is 30.8 Å². The molecule has 19 heavy (non-hydrogen) atoms. The molecule has 4 heteroatoms. The van der Waals surface area contributed by atoms with Crippen LogP contribution >= 0.6 is 0 Å². The number of carbonyl (C=O) groups is 1. The molecule has 2 unspecified atom stereocenters. The topological polar surface area (TPSA) is 58.4 Å². The summed E-state index contributed by atoms with van der Waals surface area (Å²) in [5, 5.41) is 3.15. The molecule has 0 saturated carbocycles. The highest BCUT2D eigenvalue weighted by Crippen LogP contribution is 2.17. The van der Waals surface area contributed by atoms with Crippen molar-refractivity contribution in [2.75, 3.05) is 25.9 Å². The Kier molecular flexibility index (Phi) is 4.10. The first-order valence-corrected chi connectivity index (χ1v) is 6.83. The number of nitrogens with two attached hydrogens (primary N) is 1. The van der Waals surface area contributed by atoms with E-state index in [4.69, 9.17) is 5.73 Å². The standard InChI is InChI=1S/C15H23N3O/c1-10-8-12(4-5-13(10)16)15(19)17-14-6-7-18(3)9-11(14)2/h4-5,8,11,14H,6-7,9,16H2,1-3H3,(H,17,19). The molecule has 4 nitrogen and oxygen atoms in total. The number of anilines is 1. The van der Waals surface area contributed by atoms with Crippen LogP contribution in [0.4, 0.5) is 5.69 Å². The number of likely N-dealkylation sites (tertiary alicyclic amines) is 1. The normalized spacial score (nSPS) is 24.2. The van der Waals surface area contributed by atoms with Crippen molar-refractivity contribution in [3.63, 3.8) is 0 Å². The quantitative estimate of drug-likeness (QED) is 0.796. The molecule has 0 aliphatic carbocycles. The van der Waals surface area contributed by atoms with Crippen LogP contribution in [0.1, 0.15) is 29.3 Å². The summed E-state index contributed by atoms with van der Waals surface area (Å²) in [7, 11) is 2.12. The van der Waals surface area contributed by atoms with Crippen molar-refractivity contribution in [3.05, 3.63) is 29.3 Å². The average Bonchev–Trinajstić information content (AvgIpc) is 2.36. The maximum Gasteiger partial charge on any atom is 0.251 e. The molecule has 2 atom stereocenters. The minimum atomic E-state index is 0.00417. The Balaban J connectivity index is 2.02. The van der Waals surface area contributed by atoms with E-state index >= 15 is 0 Å². The lowest BCUT2D eigenvalue weighted by atomic mass is 9.94. The van der Waals surface area contributed by atoms with E-state index in [9.17, 15) is 4.79 Å². The SMILES string of the molecule is Cc1cc(C(=O)NC2CCN(C)CC2C)ccc1N. The van der Waals surface area contributed by atoms with Gasteiger partial charge in [-0.25, -0.2) is 0 Å². The van der Waals surface area contributed by atoms with E-state index in [1.807, 2.05) is 13.0 Å². The summed E-state index contributed by atoms with van der Waals surface area (Å²) in [6.45, 7) is 6.18. The highest BCUT2D eigenvalue weighted by Gasteiger charge is 2.25. The third-order valence-corrected chi connectivity index (χ3v) is 3.96. The van der Waals surface area contributed by atoms with Crippen LogP contribution in [-0.4, -0.2) is 37.0 Å². The molecule has 2 rings (SSSR count). The molecule has 0 bridgehead atoms. The van der Waals surface area contributed by atoms with Gasteiger partial charge in [-0.3, -0.25) is 4.79 Å². The molecule has 1 saturated heterocycles. The summed E-state index contributed by atoms with van der Waals surface area (Å²) in [5.41, 5.74) is 8.14. The summed E-state index contributed by atoms with van der Waals surface area (Å²) in [5.74, 6) is 0.488. The molecule has 1 amide bonds. The molecule has 3 N–H and O–H groups in total. The van der Waals surface area contributed by atoms with Crippen molar-refractivity contribution in [3.8, 4) is 0 Å². The fourth-order valence-electron chi connectivity index (χ4n) is 2.64. The number of hydrogen-bond acceptors (Lipinski definition) is 3. The van der Waals surface area contributed by atoms with Crippen molar-refractivity contribution in [1.82, 2.24) is 10.2 Å². The van der Waals surface area contributed by atoms with Gasteiger partial charge in [-0.1, -0.05) is 6.92 Å². The van der Waals surface area contributed by atoms with E-state index in [-0.39, 0.29) is 11.9 Å². The first-order chi connectivity index (χ1) is 8.97. The van der Waals surface area contributed by atoms with Crippen molar-refractivity contribution < 1.29 is 4.79 Å². The smallest absolute Gasteiger partial charge is 0.251 e. The Morgan fingerprint density at radius 3 is 2.84 bits per heavy atom. The van der Waals surface area contributed by atoms with E-state index in [1.54, 1.807) is 12.1 Å². The van der Waals surface area contributed by atoms with Gasteiger partial charge in [0, 0.05) is 23.8 Å². The van der Waals surface area contributed by atoms with E-state index in [0.29, 0.717) is 11.5 Å². The maximum atomic E-state index is 12.2. The molecule has 1 aliphatic rings. The Bertz CT molecular complexity index is 472. The third-order valence-electron chi connectivity index (χ3n) is 3.96. The average molecular weight is 261 g/mol. The lowest BCUT2D eigenvalue weighted by molar-refractivity contribution is 0.0884. The second kappa shape index (κ2) is 5.61. The van der Waals surface area contributed by atoms with E-state index in [1.165, 1.54) is 0 Å². The van der Waals surface area contributed by atoms with Gasteiger partial charge in [0.1, 0.15) is 0 Å². The van der Waals surface area contributed by atoms with Gasteiger partial charge >= 0.3 is 0 Å². The molecule has 0 spiro atoms. The van der Waals surface area contributed by atoms with Crippen LogP contribution in [0.5, 0.6) is 0 Å². The van der Waals surface area contributed by atoms with Gasteiger partial charge in [-0.15, -0.1) is 0 Å². The van der Waals surface area contributed by atoms with Gasteiger partial charge in [0.25, 0.3) is 5.91 Å². The van der Waals surface area contributed by atoms with Crippen LogP contribution in [0.2, 0.25) is 0 Å². The zero-order valence-corrected chi connectivity index (χ0v) is 11.9. The lowest BCUT2D eigenvalue weighted by Crippen LogP contribution is -2.48. The molecule has 1 aliphatic heterocycles. The molecule has 1 fully saturated rings. The number of piperidine rings is 1. The molecule has 0 radical (unpaired) electrons. The Hall–Kier alpha value is -1.55. The van der Waals surface area contributed by atoms with Gasteiger partial charge in [-0.05, 0) is 56.6 Å². The number of aryl methyl sites for hydroxylation is 1. The molecule has 1 aromatic carbocycles. The minimum absolute atomic E-state index is 0.00417. The van der Waals surface area contributed by atoms with Crippen LogP contribution in [0.15, 0.2) is 18.2 Å². The number of nitrogens with one attached hydrogen (secondary N) is 1. The van der Waals surface area contributed by atoms with Crippen molar-refractivity contribution in [2.24, 2.45) is 5.92 Å². The van der Waals surface area contributed by atoms with Gasteiger partial charge in [0.15, 0.2) is 0 Å². The number of benzene rings is 1. The van der Waals surface area contributed by atoms with Crippen molar-refractivity contribution >= 4 is 11.6 Å². The van der Waals surface area contributed by atoms with Gasteiger partial charge in [0.2, 0.25) is 0 Å². The maximum absolute atomic E-state index is 12.2. The first-order valence-electron chi connectivity index (χ1n) is 6.83. The van der Waals surface area contributed by atoms with Gasteiger partial charge in [0.05, 0.1) is 0 Å². The summed E-state index contributed by atoms with van der Waals surface area (Å²) in [6.07, 6.45) is 1.01. The first kappa shape index (κ1) is 13.9. The van der Waals surface area contributed by atoms with Crippen LogP contribution in [-0.2, 0) is 0 Å². The fourth-order valence-corrected chi connectivity index (χ4v) is 2.64. The molecule has 1 aromatic rings. The molecule has 104 valence electrons. The van der Waals surface area contributed by atoms with E-state index in [2.05, 4.69) is 24.2 Å². The number of carbonyl (C=O) groups excluding carboxylic acids is 1. The van der Waals surface area contributed by atoms with Gasteiger partial charge < -0.3 is 16.0 Å². The summed E-state index contributed by atoms with van der Waals surface area (Å²) < 4.78 is 0. The van der Waals surface area contributed by atoms with Crippen molar-refractivity contribution in [1.29, 1.82) is 0 Å². The summed E-state index contributed by atoms with van der Waals surface area (Å²) in [4.78, 5) is 14.5. The summed E-state index contributed by atoms with van der Waals surface area (Å²) in [6, 6.07) is 5.70. The van der Waals surface area contributed by atoms with Gasteiger partial charge in [-0.2, -0.15) is 0 Å². The number of nitrogens with zero attached hydrogens (tertiary/aromatic N) is 1. The summed E-state index contributed by atoms with van der Waals surface area (Å²) >= 11 is 0.